The van der Waals surface area contributed by atoms with Crippen LogP contribution < -0.4 is 21.7 Å². The van der Waals surface area contributed by atoms with Crippen LogP contribution in [-0.2, 0) is 4.74 Å². The van der Waals surface area contributed by atoms with Crippen molar-refractivity contribution in [3.8, 4) is 0 Å². The van der Waals surface area contributed by atoms with E-state index in [4.69, 9.17) is 10.5 Å². The Morgan fingerprint density at radius 2 is 1.72 bits per heavy atom. The van der Waals surface area contributed by atoms with Gasteiger partial charge in [-0.05, 0) is 33.5 Å². The molecule has 0 radical (unpaired) electrons. The van der Waals surface area contributed by atoms with E-state index in [1.54, 1.807) is 0 Å². The SMILES string of the molecule is CNCC(CNC)OC(=O)NCCCCCCN. The van der Waals surface area contributed by atoms with Crippen LogP contribution in [-0.4, -0.2) is 52.5 Å². The minimum atomic E-state index is -0.343. The third-order valence-electron chi connectivity index (χ3n) is 2.54. The average Bonchev–Trinajstić information content (AvgIpc) is 2.34. The Hall–Kier alpha value is -0.850. The lowest BCUT2D eigenvalue weighted by molar-refractivity contribution is 0.0981. The summed E-state index contributed by atoms with van der Waals surface area (Å²) < 4.78 is 5.26. The molecular weight excluding hydrogens is 232 g/mol. The Kier molecular flexibility index (Phi) is 12.0. The van der Waals surface area contributed by atoms with Crippen molar-refractivity contribution in [1.82, 2.24) is 16.0 Å². The highest BCUT2D eigenvalue weighted by atomic mass is 16.6. The maximum absolute atomic E-state index is 11.5. The number of carbonyl (C=O) groups excluding carboxylic acids is 1. The quantitative estimate of drug-likeness (QED) is 0.394. The van der Waals surface area contributed by atoms with Crippen molar-refractivity contribution in [2.24, 2.45) is 5.73 Å². The number of unbranched alkanes of at least 4 members (excludes halogenated alkanes) is 3. The van der Waals surface area contributed by atoms with Crippen LogP contribution in [0.5, 0.6) is 0 Å². The summed E-state index contributed by atoms with van der Waals surface area (Å²) in [4.78, 5) is 11.5. The van der Waals surface area contributed by atoms with E-state index in [0.717, 1.165) is 32.2 Å². The van der Waals surface area contributed by atoms with Gasteiger partial charge in [-0.1, -0.05) is 12.8 Å². The van der Waals surface area contributed by atoms with Crippen molar-refractivity contribution in [3.05, 3.63) is 0 Å². The monoisotopic (exact) mass is 260 g/mol. The van der Waals surface area contributed by atoms with E-state index < -0.39 is 0 Å². The molecule has 0 heterocycles. The van der Waals surface area contributed by atoms with E-state index >= 15 is 0 Å². The summed E-state index contributed by atoms with van der Waals surface area (Å²) in [5.74, 6) is 0. The van der Waals surface area contributed by atoms with Crippen LogP contribution in [0.1, 0.15) is 25.7 Å². The zero-order valence-corrected chi connectivity index (χ0v) is 11.6. The van der Waals surface area contributed by atoms with Crippen molar-refractivity contribution >= 4 is 6.09 Å². The molecule has 0 rings (SSSR count). The number of hydrogen-bond donors (Lipinski definition) is 4. The maximum Gasteiger partial charge on any atom is 0.407 e. The van der Waals surface area contributed by atoms with Gasteiger partial charge >= 0.3 is 6.09 Å². The first-order valence-corrected chi connectivity index (χ1v) is 6.68. The molecule has 6 nitrogen and oxygen atoms in total. The van der Waals surface area contributed by atoms with E-state index in [0.29, 0.717) is 19.6 Å². The highest BCUT2D eigenvalue weighted by Crippen LogP contribution is 1.97. The molecule has 6 heteroatoms. The molecule has 0 fully saturated rings. The van der Waals surface area contributed by atoms with Crippen molar-refractivity contribution in [2.45, 2.75) is 31.8 Å². The molecule has 0 spiro atoms. The van der Waals surface area contributed by atoms with E-state index in [1.165, 1.54) is 0 Å². The average molecular weight is 260 g/mol. The highest BCUT2D eigenvalue weighted by molar-refractivity contribution is 5.67. The van der Waals surface area contributed by atoms with Crippen molar-refractivity contribution in [2.75, 3.05) is 40.3 Å². The predicted octanol–water partition coefficient (Wildman–Crippen LogP) is 0.0391. The van der Waals surface area contributed by atoms with Gasteiger partial charge in [-0.25, -0.2) is 4.79 Å². The molecule has 0 unspecified atom stereocenters. The first-order valence-electron chi connectivity index (χ1n) is 6.68. The predicted molar refractivity (Wildman–Crippen MR) is 73.6 cm³/mol. The Bertz CT molecular complexity index is 197. The number of amides is 1. The highest BCUT2D eigenvalue weighted by Gasteiger charge is 2.11. The minimum Gasteiger partial charge on any atom is -0.444 e. The molecular formula is C12H28N4O2. The van der Waals surface area contributed by atoms with Gasteiger partial charge in [0.25, 0.3) is 0 Å². The summed E-state index contributed by atoms with van der Waals surface area (Å²) in [6.45, 7) is 2.69. The molecule has 18 heavy (non-hydrogen) atoms. The Balaban J connectivity index is 3.55. The van der Waals surface area contributed by atoms with Crippen LogP contribution in [0.2, 0.25) is 0 Å². The molecule has 108 valence electrons. The van der Waals surface area contributed by atoms with E-state index in [-0.39, 0.29) is 12.2 Å². The topological polar surface area (TPSA) is 88.4 Å². The molecule has 0 aliphatic heterocycles. The number of hydrogen-bond acceptors (Lipinski definition) is 5. The second-order valence-corrected chi connectivity index (χ2v) is 4.27. The largest absolute Gasteiger partial charge is 0.444 e. The standard InChI is InChI=1S/C12H28N4O2/c1-14-9-11(10-15-2)18-12(17)16-8-6-4-3-5-7-13/h11,14-15H,3-10,13H2,1-2H3,(H,16,17). The number of nitrogens with two attached hydrogens (primary N) is 1. The van der Waals surface area contributed by atoms with Crippen molar-refractivity contribution in [1.29, 1.82) is 0 Å². The third kappa shape index (κ3) is 10.3. The normalized spacial score (nSPS) is 10.7. The van der Waals surface area contributed by atoms with Gasteiger partial charge in [0.15, 0.2) is 0 Å². The molecule has 1 amide bonds. The van der Waals surface area contributed by atoms with Gasteiger partial charge in [-0.2, -0.15) is 0 Å². The fourth-order valence-corrected chi connectivity index (χ4v) is 1.62. The first-order chi connectivity index (χ1) is 8.74. The van der Waals surface area contributed by atoms with Crippen molar-refractivity contribution in [3.63, 3.8) is 0 Å². The van der Waals surface area contributed by atoms with Gasteiger partial charge in [0.1, 0.15) is 6.10 Å². The number of alkyl carbamates (subject to hydrolysis) is 1. The molecule has 5 N–H and O–H groups in total. The van der Waals surface area contributed by atoms with Gasteiger partial charge in [0.2, 0.25) is 0 Å². The van der Waals surface area contributed by atoms with Gasteiger partial charge in [-0.15, -0.1) is 0 Å². The Morgan fingerprint density at radius 1 is 1.11 bits per heavy atom. The molecule has 0 aromatic heterocycles. The number of rotatable bonds is 11. The second kappa shape index (κ2) is 12.6. The summed E-state index contributed by atoms with van der Waals surface area (Å²) in [5, 5.41) is 8.74. The van der Waals surface area contributed by atoms with Gasteiger partial charge in [-0.3, -0.25) is 0 Å². The molecule has 0 saturated heterocycles. The van der Waals surface area contributed by atoms with E-state index in [1.807, 2.05) is 14.1 Å². The van der Waals surface area contributed by atoms with Crippen LogP contribution >= 0.6 is 0 Å². The summed E-state index contributed by atoms with van der Waals surface area (Å²) in [6, 6.07) is 0. The second-order valence-electron chi connectivity index (χ2n) is 4.27. The van der Waals surface area contributed by atoms with Crippen LogP contribution in [0.4, 0.5) is 4.79 Å². The van der Waals surface area contributed by atoms with Crippen LogP contribution in [0.3, 0.4) is 0 Å². The smallest absolute Gasteiger partial charge is 0.407 e. The first kappa shape index (κ1) is 17.2. The lowest BCUT2D eigenvalue weighted by atomic mass is 10.2. The van der Waals surface area contributed by atoms with Gasteiger partial charge in [0, 0.05) is 19.6 Å². The molecule has 0 bridgehead atoms. The Labute approximate surface area is 110 Å². The minimum absolute atomic E-state index is 0.141. The molecule has 0 aromatic carbocycles. The lowest BCUT2D eigenvalue weighted by Gasteiger charge is -2.17. The maximum atomic E-state index is 11.5. The fraction of sp³-hybridized carbons (Fsp3) is 0.917. The molecule has 0 aliphatic carbocycles. The number of carbonyl (C=O) groups is 1. The summed E-state index contributed by atoms with van der Waals surface area (Å²) in [7, 11) is 3.67. The van der Waals surface area contributed by atoms with E-state index in [9.17, 15) is 4.79 Å². The molecule has 0 atom stereocenters. The van der Waals surface area contributed by atoms with Crippen LogP contribution in [0, 0.1) is 0 Å². The molecule has 0 aliphatic rings. The number of nitrogens with one attached hydrogen (secondary N) is 3. The van der Waals surface area contributed by atoms with E-state index in [2.05, 4.69) is 16.0 Å². The zero-order valence-electron chi connectivity index (χ0n) is 11.6. The van der Waals surface area contributed by atoms with Gasteiger partial charge in [0.05, 0.1) is 0 Å². The van der Waals surface area contributed by atoms with Crippen molar-refractivity contribution < 1.29 is 9.53 Å². The van der Waals surface area contributed by atoms with Crippen LogP contribution in [0.15, 0.2) is 0 Å². The molecule has 0 aromatic rings. The fourth-order valence-electron chi connectivity index (χ4n) is 1.62. The lowest BCUT2D eigenvalue weighted by Crippen LogP contribution is -2.39. The number of ether oxygens (including phenoxy) is 1. The summed E-state index contributed by atoms with van der Waals surface area (Å²) in [5.41, 5.74) is 5.40. The summed E-state index contributed by atoms with van der Waals surface area (Å²) in [6.07, 6.45) is 3.75. The molecule has 0 saturated carbocycles. The summed E-state index contributed by atoms with van der Waals surface area (Å²) >= 11 is 0. The van der Waals surface area contributed by atoms with Crippen LogP contribution in [0.25, 0.3) is 0 Å². The zero-order chi connectivity index (χ0) is 13.6. The third-order valence-corrected chi connectivity index (χ3v) is 2.54. The number of likely N-dealkylation sites (N-methyl/N-ethyl adjacent to an activating group) is 2. The Morgan fingerprint density at radius 3 is 2.28 bits per heavy atom. The van der Waals surface area contributed by atoms with Gasteiger partial charge < -0.3 is 26.4 Å².